The van der Waals surface area contributed by atoms with Crippen LogP contribution in [0.15, 0.2) is 29.3 Å². The molecule has 94 valence electrons. The van der Waals surface area contributed by atoms with Crippen molar-refractivity contribution in [3.8, 4) is 6.07 Å². The Morgan fingerprint density at radius 3 is 2.61 bits per heavy atom. The largest absolute Gasteiger partial charge is 0.379 e. The highest BCUT2D eigenvalue weighted by molar-refractivity contribution is 8.13. The van der Waals surface area contributed by atoms with E-state index < -0.39 is 0 Å². The van der Waals surface area contributed by atoms with Gasteiger partial charge in [0.15, 0.2) is 5.17 Å². The number of nitrogens with zero attached hydrogens (tertiary/aromatic N) is 2. The molecule has 0 radical (unpaired) electrons. The van der Waals surface area contributed by atoms with Gasteiger partial charge in [0, 0.05) is 5.75 Å². The second-order valence-corrected chi connectivity index (χ2v) is 5.50. The normalized spacial score (nSPS) is 16.7. The van der Waals surface area contributed by atoms with E-state index in [2.05, 4.69) is 11.1 Å². The van der Waals surface area contributed by atoms with Crippen molar-refractivity contribution in [1.82, 2.24) is 0 Å². The molecule has 0 spiro atoms. The van der Waals surface area contributed by atoms with Crippen molar-refractivity contribution in [3.63, 3.8) is 0 Å². The van der Waals surface area contributed by atoms with Crippen molar-refractivity contribution in [1.29, 1.82) is 5.26 Å². The molecule has 1 fully saturated rings. The number of benzene rings is 1. The van der Waals surface area contributed by atoms with Crippen LogP contribution in [-0.2, 0) is 5.75 Å². The average Bonchev–Trinajstić information content (AvgIpc) is 2.90. The van der Waals surface area contributed by atoms with Crippen molar-refractivity contribution in [2.24, 2.45) is 10.7 Å². The maximum atomic E-state index is 8.71. The Labute approximate surface area is 112 Å². The predicted octanol–water partition coefficient (Wildman–Crippen LogP) is 3.05. The first-order valence-electron chi connectivity index (χ1n) is 6.23. The fourth-order valence-corrected chi connectivity index (χ4v) is 2.81. The van der Waals surface area contributed by atoms with E-state index in [-0.39, 0.29) is 0 Å². The van der Waals surface area contributed by atoms with E-state index in [1.54, 1.807) is 11.8 Å². The van der Waals surface area contributed by atoms with Gasteiger partial charge >= 0.3 is 0 Å². The molecule has 0 atom stereocenters. The molecule has 2 rings (SSSR count). The van der Waals surface area contributed by atoms with Gasteiger partial charge in [0.05, 0.1) is 17.7 Å². The van der Waals surface area contributed by atoms with Gasteiger partial charge in [-0.15, -0.1) is 0 Å². The van der Waals surface area contributed by atoms with Crippen LogP contribution in [0.5, 0.6) is 0 Å². The SMILES string of the molecule is N#Cc1ccc(CSC(N)=NC2CCCC2)cc1. The van der Waals surface area contributed by atoms with Crippen LogP contribution in [0.1, 0.15) is 36.8 Å². The van der Waals surface area contributed by atoms with Gasteiger partial charge in [-0.3, -0.25) is 4.99 Å². The summed E-state index contributed by atoms with van der Waals surface area (Å²) in [6.45, 7) is 0. The Balaban J connectivity index is 1.84. The van der Waals surface area contributed by atoms with E-state index >= 15 is 0 Å². The molecular weight excluding hydrogens is 242 g/mol. The Morgan fingerprint density at radius 1 is 1.33 bits per heavy atom. The highest BCUT2D eigenvalue weighted by Gasteiger charge is 2.13. The molecule has 0 aromatic heterocycles. The molecule has 1 aliphatic carbocycles. The predicted molar refractivity (Wildman–Crippen MR) is 76.3 cm³/mol. The van der Waals surface area contributed by atoms with Gasteiger partial charge in [-0.2, -0.15) is 5.26 Å². The number of rotatable bonds is 3. The van der Waals surface area contributed by atoms with Gasteiger partial charge < -0.3 is 5.73 Å². The summed E-state index contributed by atoms with van der Waals surface area (Å²) in [4.78, 5) is 4.53. The Morgan fingerprint density at radius 2 is 2.00 bits per heavy atom. The summed E-state index contributed by atoms with van der Waals surface area (Å²) in [5.41, 5.74) is 7.78. The standard InChI is InChI=1S/C14H17N3S/c15-9-11-5-7-12(8-6-11)10-18-14(16)17-13-3-1-2-4-13/h5-8,13H,1-4,10H2,(H2,16,17). The first-order chi connectivity index (χ1) is 8.78. The zero-order valence-electron chi connectivity index (χ0n) is 10.3. The van der Waals surface area contributed by atoms with Crippen LogP contribution >= 0.6 is 11.8 Å². The lowest BCUT2D eigenvalue weighted by Crippen LogP contribution is -2.11. The summed E-state index contributed by atoms with van der Waals surface area (Å²) >= 11 is 1.57. The second-order valence-electron chi connectivity index (χ2n) is 4.50. The number of nitrogens with two attached hydrogens (primary N) is 1. The van der Waals surface area contributed by atoms with Crippen LogP contribution in [0.25, 0.3) is 0 Å². The third-order valence-corrected chi connectivity index (χ3v) is 3.98. The van der Waals surface area contributed by atoms with E-state index in [1.165, 1.54) is 31.2 Å². The molecule has 0 heterocycles. The molecule has 0 amide bonds. The Hall–Kier alpha value is -1.47. The first-order valence-corrected chi connectivity index (χ1v) is 7.21. The van der Waals surface area contributed by atoms with E-state index in [4.69, 9.17) is 11.0 Å². The molecule has 1 aliphatic rings. The minimum Gasteiger partial charge on any atom is -0.379 e. The molecule has 0 bridgehead atoms. The van der Waals surface area contributed by atoms with Gasteiger partial charge in [0.25, 0.3) is 0 Å². The van der Waals surface area contributed by atoms with Gasteiger partial charge in [0.1, 0.15) is 0 Å². The monoisotopic (exact) mass is 259 g/mol. The molecule has 18 heavy (non-hydrogen) atoms. The van der Waals surface area contributed by atoms with Gasteiger partial charge in [-0.1, -0.05) is 36.7 Å². The van der Waals surface area contributed by atoms with Crippen molar-refractivity contribution in [2.45, 2.75) is 37.5 Å². The summed E-state index contributed by atoms with van der Waals surface area (Å²) in [5.74, 6) is 0.813. The van der Waals surface area contributed by atoms with E-state index in [0.29, 0.717) is 16.8 Å². The minimum atomic E-state index is 0.443. The smallest absolute Gasteiger partial charge is 0.154 e. The fraction of sp³-hybridized carbons (Fsp3) is 0.429. The fourth-order valence-electron chi connectivity index (χ4n) is 2.08. The zero-order chi connectivity index (χ0) is 12.8. The van der Waals surface area contributed by atoms with Crippen molar-refractivity contribution < 1.29 is 0 Å². The molecule has 0 aliphatic heterocycles. The number of amidine groups is 1. The van der Waals surface area contributed by atoms with Crippen LogP contribution in [0.2, 0.25) is 0 Å². The average molecular weight is 259 g/mol. The van der Waals surface area contributed by atoms with Crippen LogP contribution in [0.3, 0.4) is 0 Å². The quantitative estimate of drug-likeness (QED) is 0.670. The molecule has 3 nitrogen and oxygen atoms in total. The Kier molecular flexibility index (Phi) is 4.66. The second kappa shape index (κ2) is 6.46. The Bertz CT molecular complexity index is 453. The van der Waals surface area contributed by atoms with Crippen molar-refractivity contribution >= 4 is 16.9 Å². The molecule has 0 saturated heterocycles. The summed E-state index contributed by atoms with van der Waals surface area (Å²) in [5, 5.41) is 9.40. The lowest BCUT2D eigenvalue weighted by molar-refractivity contribution is 0.708. The maximum Gasteiger partial charge on any atom is 0.154 e. The number of hydrogen-bond donors (Lipinski definition) is 1. The summed E-state index contributed by atoms with van der Waals surface area (Å²) < 4.78 is 0. The molecule has 1 saturated carbocycles. The lowest BCUT2D eigenvalue weighted by atomic mass is 10.2. The third kappa shape index (κ3) is 3.78. The van der Waals surface area contributed by atoms with E-state index in [0.717, 1.165) is 5.75 Å². The minimum absolute atomic E-state index is 0.443. The number of nitriles is 1. The molecule has 0 unspecified atom stereocenters. The first kappa shape index (κ1) is 13.0. The van der Waals surface area contributed by atoms with Crippen molar-refractivity contribution in [3.05, 3.63) is 35.4 Å². The van der Waals surface area contributed by atoms with E-state index in [1.807, 2.05) is 24.3 Å². The molecule has 4 heteroatoms. The number of hydrogen-bond acceptors (Lipinski definition) is 3. The topological polar surface area (TPSA) is 62.2 Å². The number of aliphatic imine (C=N–C) groups is 1. The van der Waals surface area contributed by atoms with Gasteiger partial charge in [0.2, 0.25) is 0 Å². The third-order valence-electron chi connectivity index (χ3n) is 3.10. The summed E-state index contributed by atoms with van der Waals surface area (Å²) in [7, 11) is 0. The lowest BCUT2D eigenvalue weighted by Gasteiger charge is -2.05. The van der Waals surface area contributed by atoms with Gasteiger partial charge in [-0.05, 0) is 30.5 Å². The molecular formula is C14H17N3S. The molecule has 2 N–H and O–H groups in total. The van der Waals surface area contributed by atoms with Crippen LogP contribution in [0.4, 0.5) is 0 Å². The summed E-state index contributed by atoms with van der Waals surface area (Å²) in [6, 6.07) is 10.2. The molecule has 1 aromatic carbocycles. The highest BCUT2D eigenvalue weighted by atomic mass is 32.2. The zero-order valence-corrected chi connectivity index (χ0v) is 11.1. The van der Waals surface area contributed by atoms with E-state index in [9.17, 15) is 0 Å². The van der Waals surface area contributed by atoms with Crippen molar-refractivity contribution in [2.75, 3.05) is 0 Å². The van der Waals surface area contributed by atoms with Crippen LogP contribution in [0, 0.1) is 11.3 Å². The van der Waals surface area contributed by atoms with Gasteiger partial charge in [-0.25, -0.2) is 0 Å². The molecule has 1 aromatic rings. The maximum absolute atomic E-state index is 8.71. The summed E-state index contributed by atoms with van der Waals surface area (Å²) in [6.07, 6.45) is 4.92. The van der Waals surface area contributed by atoms with Crippen LogP contribution in [-0.4, -0.2) is 11.2 Å². The highest BCUT2D eigenvalue weighted by Crippen LogP contribution is 2.22. The van der Waals surface area contributed by atoms with Crippen LogP contribution < -0.4 is 5.73 Å². The number of thioether (sulfide) groups is 1.